The summed E-state index contributed by atoms with van der Waals surface area (Å²) in [6.07, 6.45) is 3.92. The summed E-state index contributed by atoms with van der Waals surface area (Å²) in [5, 5.41) is 8.92. The first-order valence-corrected chi connectivity index (χ1v) is 6.70. The highest BCUT2D eigenvalue weighted by Crippen LogP contribution is 2.25. The molecule has 1 aromatic heterocycles. The van der Waals surface area contributed by atoms with Crippen LogP contribution in [0.25, 0.3) is 0 Å². The zero-order chi connectivity index (χ0) is 11.6. The van der Waals surface area contributed by atoms with E-state index in [1.54, 1.807) is 28.8 Å². The minimum absolute atomic E-state index is 0.381. The molecule has 1 fully saturated rings. The molecule has 84 valence electrons. The van der Waals surface area contributed by atoms with Gasteiger partial charge >= 0.3 is 0 Å². The van der Waals surface area contributed by atoms with Gasteiger partial charge in [-0.05, 0) is 18.6 Å². The van der Waals surface area contributed by atoms with E-state index in [1.807, 2.05) is 0 Å². The predicted octanol–water partition coefficient (Wildman–Crippen LogP) is 1.81. The molecular weight excluding hydrogens is 248 g/mol. The number of pyridine rings is 1. The van der Waals surface area contributed by atoms with Crippen molar-refractivity contribution in [3.63, 3.8) is 0 Å². The SMILES string of the molecule is N#CN=S1(=O)CCCN1c1ccc(Cl)nc1. The number of nitriles is 1. The molecule has 2 heterocycles. The Kier molecular flexibility index (Phi) is 2.99. The van der Waals surface area contributed by atoms with Gasteiger partial charge in [0.05, 0.1) is 17.6 Å². The molecule has 0 radical (unpaired) electrons. The van der Waals surface area contributed by atoms with Gasteiger partial charge in [0.25, 0.3) is 0 Å². The fourth-order valence-electron chi connectivity index (χ4n) is 1.62. The third-order valence-corrected chi connectivity index (χ3v) is 4.79. The second kappa shape index (κ2) is 4.28. The van der Waals surface area contributed by atoms with E-state index in [0.29, 0.717) is 23.1 Å². The van der Waals surface area contributed by atoms with Crippen molar-refractivity contribution in [2.75, 3.05) is 16.6 Å². The van der Waals surface area contributed by atoms with Gasteiger partial charge in [0, 0.05) is 6.54 Å². The predicted molar refractivity (Wildman–Crippen MR) is 62.3 cm³/mol. The number of halogens is 1. The Morgan fingerprint density at radius 2 is 2.44 bits per heavy atom. The molecule has 0 aromatic carbocycles. The minimum Gasteiger partial charge on any atom is -0.283 e. The van der Waals surface area contributed by atoms with Crippen LogP contribution in [0.15, 0.2) is 22.7 Å². The topological polar surface area (TPSA) is 69.3 Å². The summed E-state index contributed by atoms with van der Waals surface area (Å²) in [7, 11) is -2.60. The molecule has 0 bridgehead atoms. The quantitative estimate of drug-likeness (QED) is 0.568. The molecule has 7 heteroatoms. The first kappa shape index (κ1) is 11.2. The smallest absolute Gasteiger partial charge is 0.216 e. The lowest BCUT2D eigenvalue weighted by atomic mass is 10.4. The van der Waals surface area contributed by atoms with Crippen LogP contribution in [0.2, 0.25) is 5.15 Å². The monoisotopic (exact) mass is 256 g/mol. The zero-order valence-electron chi connectivity index (χ0n) is 8.34. The summed E-state index contributed by atoms with van der Waals surface area (Å²) in [4.78, 5) is 3.92. The largest absolute Gasteiger partial charge is 0.283 e. The van der Waals surface area contributed by atoms with Crippen LogP contribution in [0.5, 0.6) is 0 Å². The van der Waals surface area contributed by atoms with Crippen molar-refractivity contribution < 1.29 is 4.21 Å². The molecule has 2 rings (SSSR count). The zero-order valence-corrected chi connectivity index (χ0v) is 9.91. The normalized spacial score (nSPS) is 24.1. The fourth-order valence-corrected chi connectivity index (χ4v) is 3.62. The van der Waals surface area contributed by atoms with Crippen molar-refractivity contribution in [2.45, 2.75) is 6.42 Å². The Labute approximate surface area is 99.0 Å². The molecule has 0 N–H and O–H groups in total. The first-order valence-electron chi connectivity index (χ1n) is 4.68. The third-order valence-electron chi connectivity index (χ3n) is 2.30. The van der Waals surface area contributed by atoms with Gasteiger partial charge in [-0.3, -0.25) is 4.31 Å². The minimum atomic E-state index is -2.60. The number of hydrogen-bond donors (Lipinski definition) is 0. The van der Waals surface area contributed by atoms with Crippen LogP contribution in [0.4, 0.5) is 5.69 Å². The fraction of sp³-hybridized carbons (Fsp3) is 0.333. The van der Waals surface area contributed by atoms with Gasteiger partial charge < -0.3 is 0 Å². The summed E-state index contributed by atoms with van der Waals surface area (Å²) in [5.74, 6) is 0.420. The van der Waals surface area contributed by atoms with Crippen LogP contribution in [-0.2, 0) is 9.92 Å². The van der Waals surface area contributed by atoms with Gasteiger partial charge in [-0.15, -0.1) is 4.36 Å². The molecule has 0 spiro atoms. The molecule has 1 aliphatic heterocycles. The van der Waals surface area contributed by atoms with Crippen LogP contribution < -0.4 is 4.31 Å². The summed E-state index contributed by atoms with van der Waals surface area (Å²) < 4.78 is 17.4. The summed E-state index contributed by atoms with van der Waals surface area (Å²) in [6.45, 7) is 0.618. The highest BCUT2D eigenvalue weighted by molar-refractivity contribution is 7.95. The maximum absolute atomic E-state index is 12.3. The van der Waals surface area contributed by atoms with Crippen LogP contribution in [-0.4, -0.2) is 21.5 Å². The molecule has 1 unspecified atom stereocenters. The van der Waals surface area contributed by atoms with E-state index in [4.69, 9.17) is 16.9 Å². The summed E-state index contributed by atoms with van der Waals surface area (Å²) in [6, 6.07) is 3.36. The summed E-state index contributed by atoms with van der Waals surface area (Å²) in [5.41, 5.74) is 0.686. The van der Waals surface area contributed by atoms with Crippen molar-refractivity contribution in [1.29, 1.82) is 5.26 Å². The summed E-state index contributed by atoms with van der Waals surface area (Å²) >= 11 is 5.67. The third kappa shape index (κ3) is 1.96. The van der Waals surface area contributed by atoms with Crippen molar-refractivity contribution in [3.05, 3.63) is 23.5 Å². The van der Waals surface area contributed by atoms with E-state index in [2.05, 4.69) is 9.35 Å². The number of rotatable bonds is 1. The standard InChI is InChI=1S/C9H9ClN4OS/c10-9-3-2-8(6-12-9)14-4-1-5-16(14,15)13-7-11/h2-3,6H,1,4-5H2. The highest BCUT2D eigenvalue weighted by Gasteiger charge is 2.27. The van der Waals surface area contributed by atoms with Crippen molar-refractivity contribution in [3.8, 4) is 6.19 Å². The van der Waals surface area contributed by atoms with Gasteiger partial charge in [-0.2, -0.15) is 5.26 Å². The lowest BCUT2D eigenvalue weighted by molar-refractivity contribution is 0.679. The van der Waals surface area contributed by atoms with Crippen LogP contribution in [0, 0.1) is 11.5 Å². The Balaban J connectivity index is 2.42. The average molecular weight is 257 g/mol. The van der Waals surface area contributed by atoms with E-state index >= 15 is 0 Å². The molecule has 0 amide bonds. The van der Waals surface area contributed by atoms with Gasteiger partial charge in [0.2, 0.25) is 6.19 Å². The maximum atomic E-state index is 12.3. The molecular formula is C9H9ClN4OS. The van der Waals surface area contributed by atoms with Crippen molar-refractivity contribution >= 4 is 27.2 Å². The Hall–Kier alpha value is -1.32. The Morgan fingerprint density at radius 1 is 1.62 bits per heavy atom. The lowest BCUT2D eigenvalue weighted by Crippen LogP contribution is -2.24. The molecule has 1 saturated heterocycles. The number of nitrogens with zero attached hydrogens (tertiary/aromatic N) is 4. The Bertz CT molecular complexity index is 542. The molecule has 1 aliphatic rings. The molecule has 1 atom stereocenters. The van der Waals surface area contributed by atoms with Gasteiger partial charge in [-0.1, -0.05) is 11.6 Å². The van der Waals surface area contributed by atoms with Crippen molar-refractivity contribution in [2.24, 2.45) is 4.36 Å². The number of aromatic nitrogens is 1. The molecule has 5 nitrogen and oxygen atoms in total. The van der Waals surface area contributed by atoms with Crippen LogP contribution in [0.3, 0.4) is 0 Å². The first-order chi connectivity index (χ1) is 7.65. The second-order valence-electron chi connectivity index (χ2n) is 3.30. The van der Waals surface area contributed by atoms with Gasteiger partial charge in [-0.25, -0.2) is 9.19 Å². The molecule has 16 heavy (non-hydrogen) atoms. The number of hydrogen-bond acceptors (Lipinski definition) is 4. The van der Waals surface area contributed by atoms with E-state index in [0.717, 1.165) is 6.42 Å². The van der Waals surface area contributed by atoms with E-state index in [-0.39, 0.29) is 0 Å². The van der Waals surface area contributed by atoms with E-state index in [1.165, 1.54) is 0 Å². The van der Waals surface area contributed by atoms with Crippen LogP contribution >= 0.6 is 11.6 Å². The second-order valence-corrected chi connectivity index (χ2v) is 5.93. The van der Waals surface area contributed by atoms with Crippen LogP contribution in [0.1, 0.15) is 6.42 Å². The number of anilines is 1. The maximum Gasteiger partial charge on any atom is 0.216 e. The van der Waals surface area contributed by atoms with E-state index in [9.17, 15) is 4.21 Å². The molecule has 0 saturated carbocycles. The van der Waals surface area contributed by atoms with Gasteiger partial charge in [0.1, 0.15) is 15.1 Å². The Morgan fingerprint density at radius 3 is 3.06 bits per heavy atom. The molecule has 1 aromatic rings. The highest BCUT2D eigenvalue weighted by atomic mass is 35.5. The lowest BCUT2D eigenvalue weighted by Gasteiger charge is -2.18. The molecule has 0 aliphatic carbocycles. The van der Waals surface area contributed by atoms with Gasteiger partial charge in [0.15, 0.2) is 0 Å². The van der Waals surface area contributed by atoms with E-state index < -0.39 is 9.92 Å². The van der Waals surface area contributed by atoms with Crippen molar-refractivity contribution in [1.82, 2.24) is 4.98 Å². The average Bonchev–Trinajstić information content (AvgIpc) is 2.62.